The molecule has 0 aliphatic heterocycles. The van der Waals surface area contributed by atoms with Gasteiger partial charge in [-0.2, -0.15) is 39.5 Å². The summed E-state index contributed by atoms with van der Waals surface area (Å²) < 4.78 is 116. The van der Waals surface area contributed by atoms with Crippen molar-refractivity contribution in [3.05, 3.63) is 0 Å². The van der Waals surface area contributed by atoms with Gasteiger partial charge in [-0.15, -0.1) is 0 Å². The van der Waals surface area contributed by atoms with E-state index in [9.17, 15) is 44.3 Å². The molecule has 0 saturated carbocycles. The molecule has 0 atom stereocenters. The average Bonchev–Trinajstić information content (AvgIpc) is 2.04. The number of carbonyl (C=O) groups is 1. The number of carbonyl (C=O) groups excluding carboxylic acids is 1. The van der Waals surface area contributed by atoms with E-state index in [4.69, 9.17) is 0 Å². The first kappa shape index (κ1) is 19.6. The Hall–Kier alpha value is -1.36. The minimum absolute atomic E-state index is 0.129. The normalized spacial score (nSPS) is 14.9. The molecule has 12 heteroatoms. The molecule has 126 valence electrons. The van der Waals surface area contributed by atoms with Crippen molar-refractivity contribution in [1.82, 2.24) is 5.32 Å². The SMILES string of the molecule is CC(C)(C)OC(=O)NC(C(F)(F)F)(C(F)(F)F)C(F)(F)F. The third-order valence-electron chi connectivity index (χ3n) is 1.96. The van der Waals surface area contributed by atoms with Crippen molar-refractivity contribution in [3.63, 3.8) is 0 Å². The third-order valence-corrected chi connectivity index (χ3v) is 1.96. The van der Waals surface area contributed by atoms with Crippen LogP contribution in [0.2, 0.25) is 0 Å². The van der Waals surface area contributed by atoms with Crippen LogP contribution in [0.25, 0.3) is 0 Å². The van der Waals surface area contributed by atoms with Gasteiger partial charge in [-0.3, -0.25) is 5.32 Å². The summed E-state index contributed by atoms with van der Waals surface area (Å²) in [5.41, 5.74) is -8.02. The molecule has 3 nitrogen and oxygen atoms in total. The maximum Gasteiger partial charge on any atom is 0.429 e. The molecule has 0 heterocycles. The Bertz CT molecular complexity index is 352. The second-order valence-corrected chi connectivity index (χ2v) is 4.87. The van der Waals surface area contributed by atoms with Crippen LogP contribution in [0.1, 0.15) is 20.8 Å². The molecule has 0 aromatic carbocycles. The van der Waals surface area contributed by atoms with E-state index in [0.717, 1.165) is 20.8 Å². The van der Waals surface area contributed by atoms with E-state index in [0.29, 0.717) is 0 Å². The van der Waals surface area contributed by atoms with E-state index >= 15 is 0 Å². The summed E-state index contributed by atoms with van der Waals surface area (Å²) in [5, 5.41) is -0.129. The van der Waals surface area contributed by atoms with Crippen molar-refractivity contribution in [2.45, 2.75) is 50.4 Å². The molecule has 0 spiro atoms. The van der Waals surface area contributed by atoms with Crippen LogP contribution in [-0.4, -0.2) is 35.8 Å². The lowest BCUT2D eigenvalue weighted by molar-refractivity contribution is -0.387. The van der Waals surface area contributed by atoms with Crippen molar-refractivity contribution >= 4 is 6.09 Å². The summed E-state index contributed by atoms with van der Waals surface area (Å²) in [6.07, 6.45) is -23.1. The van der Waals surface area contributed by atoms with Gasteiger partial charge in [-0.25, -0.2) is 4.79 Å². The molecule has 0 unspecified atom stereocenters. The van der Waals surface area contributed by atoms with Gasteiger partial charge < -0.3 is 4.74 Å². The standard InChI is InChI=1S/C9H10F9NO2/c1-5(2,3)21-4(20)19-6(7(10,11)12,8(13,14)15)9(16,17)18/h1-3H3,(H,19,20). The highest BCUT2D eigenvalue weighted by molar-refractivity contribution is 5.69. The smallest absolute Gasteiger partial charge is 0.429 e. The largest absolute Gasteiger partial charge is 0.444 e. The van der Waals surface area contributed by atoms with Crippen molar-refractivity contribution in [1.29, 1.82) is 0 Å². The van der Waals surface area contributed by atoms with Crippen molar-refractivity contribution in [2.24, 2.45) is 0 Å². The topological polar surface area (TPSA) is 38.3 Å². The number of alkyl halides is 9. The summed E-state index contributed by atoms with van der Waals surface area (Å²) >= 11 is 0. The minimum atomic E-state index is -6.87. The van der Waals surface area contributed by atoms with Gasteiger partial charge in [-0.05, 0) is 20.8 Å². The fraction of sp³-hybridized carbons (Fsp3) is 0.889. The molecule has 0 fully saturated rings. The zero-order valence-corrected chi connectivity index (χ0v) is 10.7. The number of ether oxygens (including phenoxy) is 1. The molecular weight excluding hydrogens is 325 g/mol. The van der Waals surface area contributed by atoms with Gasteiger partial charge in [-0.1, -0.05) is 0 Å². The average molecular weight is 335 g/mol. The fourth-order valence-corrected chi connectivity index (χ4v) is 1.15. The maximum absolute atomic E-state index is 12.5. The lowest BCUT2D eigenvalue weighted by Gasteiger charge is -2.39. The Morgan fingerprint density at radius 1 is 0.762 bits per heavy atom. The molecule has 0 radical (unpaired) electrons. The molecule has 0 saturated heterocycles. The van der Waals surface area contributed by atoms with E-state index < -0.39 is 35.8 Å². The monoisotopic (exact) mass is 335 g/mol. The molecule has 0 bridgehead atoms. The third kappa shape index (κ3) is 4.06. The zero-order valence-electron chi connectivity index (χ0n) is 10.7. The lowest BCUT2D eigenvalue weighted by Crippen LogP contribution is -2.75. The molecule has 0 rings (SSSR count). The quantitative estimate of drug-likeness (QED) is 0.737. The van der Waals surface area contributed by atoms with Crippen LogP contribution >= 0.6 is 0 Å². The molecule has 0 aliphatic carbocycles. The van der Waals surface area contributed by atoms with E-state index in [2.05, 4.69) is 4.74 Å². The molecule has 1 N–H and O–H groups in total. The van der Waals surface area contributed by atoms with Crippen molar-refractivity contribution in [2.75, 3.05) is 0 Å². The summed E-state index contributed by atoms with van der Waals surface area (Å²) in [7, 11) is 0. The zero-order chi connectivity index (χ0) is 17.5. The second kappa shape index (κ2) is 5.13. The van der Waals surface area contributed by atoms with Crippen LogP contribution in [0.15, 0.2) is 0 Å². The van der Waals surface area contributed by atoms with Crippen LogP contribution in [-0.2, 0) is 4.74 Å². The van der Waals surface area contributed by atoms with Crippen LogP contribution in [0.4, 0.5) is 44.3 Å². The molecule has 1 amide bonds. The number of alkyl carbamates (subject to hydrolysis) is 1. The molecule has 21 heavy (non-hydrogen) atoms. The predicted molar refractivity (Wildman–Crippen MR) is 50.3 cm³/mol. The highest BCUT2D eigenvalue weighted by atomic mass is 19.4. The summed E-state index contributed by atoms with van der Waals surface area (Å²) in [5.74, 6) is 0. The maximum atomic E-state index is 12.5. The summed E-state index contributed by atoms with van der Waals surface area (Å²) in [6.45, 7) is 3.13. The van der Waals surface area contributed by atoms with Gasteiger partial charge in [0, 0.05) is 0 Å². The second-order valence-electron chi connectivity index (χ2n) is 4.87. The Morgan fingerprint density at radius 2 is 1.05 bits per heavy atom. The minimum Gasteiger partial charge on any atom is -0.444 e. The summed E-state index contributed by atoms with van der Waals surface area (Å²) in [6, 6.07) is 0. The van der Waals surface area contributed by atoms with Gasteiger partial charge in [0.2, 0.25) is 0 Å². The predicted octanol–water partition coefficient (Wildman–Crippen LogP) is 3.94. The molecular formula is C9H10F9NO2. The van der Waals surface area contributed by atoms with Gasteiger partial charge in [0.1, 0.15) is 5.60 Å². The Labute approximate surface area is 112 Å². The first-order valence-electron chi connectivity index (χ1n) is 5.06. The van der Waals surface area contributed by atoms with Crippen LogP contribution < -0.4 is 5.32 Å². The molecule has 0 aromatic heterocycles. The van der Waals surface area contributed by atoms with Crippen LogP contribution in [0, 0.1) is 0 Å². The first-order chi connectivity index (χ1) is 8.85. The highest BCUT2D eigenvalue weighted by Crippen LogP contribution is 2.52. The highest BCUT2D eigenvalue weighted by Gasteiger charge is 2.85. The molecule has 0 aromatic rings. The molecule has 0 aliphatic rings. The number of halogens is 9. The van der Waals surface area contributed by atoms with Crippen LogP contribution in [0.5, 0.6) is 0 Å². The Balaban J connectivity index is 5.91. The Kier molecular flexibility index (Phi) is 4.79. The number of nitrogens with one attached hydrogen (secondary N) is 1. The number of hydrogen-bond donors (Lipinski definition) is 1. The fourth-order valence-electron chi connectivity index (χ4n) is 1.15. The first-order valence-corrected chi connectivity index (χ1v) is 5.06. The van der Waals surface area contributed by atoms with E-state index in [-0.39, 0.29) is 5.32 Å². The Morgan fingerprint density at radius 3 is 1.24 bits per heavy atom. The van der Waals surface area contributed by atoms with Crippen molar-refractivity contribution in [3.8, 4) is 0 Å². The lowest BCUT2D eigenvalue weighted by atomic mass is 9.97. The van der Waals surface area contributed by atoms with Gasteiger partial charge in [0.25, 0.3) is 0 Å². The van der Waals surface area contributed by atoms with Gasteiger partial charge in [0.05, 0.1) is 0 Å². The van der Waals surface area contributed by atoms with Gasteiger partial charge >= 0.3 is 30.2 Å². The van der Waals surface area contributed by atoms with E-state index in [1.54, 1.807) is 0 Å². The van der Waals surface area contributed by atoms with Crippen LogP contribution in [0.3, 0.4) is 0 Å². The van der Waals surface area contributed by atoms with E-state index in [1.165, 1.54) is 0 Å². The number of hydrogen-bond acceptors (Lipinski definition) is 2. The van der Waals surface area contributed by atoms with E-state index in [1.807, 2.05) is 0 Å². The van der Waals surface area contributed by atoms with Gasteiger partial charge in [0.15, 0.2) is 0 Å². The number of rotatable bonds is 1. The van der Waals surface area contributed by atoms with Crippen molar-refractivity contribution < 1.29 is 49.0 Å². The number of amides is 1. The summed E-state index contributed by atoms with van der Waals surface area (Å²) in [4.78, 5) is 11.0.